The average Bonchev–Trinajstić information content (AvgIpc) is 2.91. The van der Waals surface area contributed by atoms with E-state index in [0.717, 1.165) is 0 Å². The van der Waals surface area contributed by atoms with Crippen LogP contribution in [0.4, 0.5) is 0 Å². The third-order valence-corrected chi connectivity index (χ3v) is 4.28. The fourth-order valence-corrected chi connectivity index (χ4v) is 3.04. The van der Waals surface area contributed by atoms with Crippen LogP contribution in [0.2, 0.25) is 10.0 Å². The lowest BCUT2D eigenvalue weighted by Gasteiger charge is -2.39. The van der Waals surface area contributed by atoms with Gasteiger partial charge in [-0.3, -0.25) is 0 Å². The number of nitrogens with zero attached hydrogens (tertiary/aromatic N) is 1. The van der Waals surface area contributed by atoms with Crippen LogP contribution in [0.15, 0.2) is 24.4 Å². The fraction of sp³-hybridized carbons (Fsp3) is 0.429. The Balaban J connectivity index is 1.89. The van der Waals surface area contributed by atoms with E-state index >= 15 is 0 Å². The number of benzene rings is 1. The lowest BCUT2D eigenvalue weighted by Crippen LogP contribution is -2.61. The quantitative estimate of drug-likeness (QED) is 0.619. The van der Waals surface area contributed by atoms with Crippen molar-refractivity contribution in [3.8, 4) is 0 Å². The zero-order chi connectivity index (χ0) is 16.7. The summed E-state index contributed by atoms with van der Waals surface area (Å²) in [5.74, 6) is 0. The molecule has 3 rings (SSSR count). The van der Waals surface area contributed by atoms with Crippen LogP contribution in [0.3, 0.4) is 0 Å². The first kappa shape index (κ1) is 16.8. The molecule has 1 aliphatic rings. The van der Waals surface area contributed by atoms with Crippen LogP contribution >= 0.6 is 23.2 Å². The molecular formula is C14H15Cl2NO6. The smallest absolute Gasteiger partial charge is 0.254 e. The van der Waals surface area contributed by atoms with Gasteiger partial charge in [-0.2, -0.15) is 4.73 Å². The number of rotatable bonds is 3. The monoisotopic (exact) mass is 363 g/mol. The zero-order valence-electron chi connectivity index (χ0n) is 11.7. The van der Waals surface area contributed by atoms with Crippen molar-refractivity contribution in [3.05, 3.63) is 34.4 Å². The number of halogens is 2. The van der Waals surface area contributed by atoms with Gasteiger partial charge >= 0.3 is 0 Å². The predicted octanol–water partition coefficient (Wildman–Crippen LogP) is 0.177. The fourth-order valence-electron chi connectivity index (χ4n) is 2.50. The molecule has 0 unspecified atom stereocenters. The number of aliphatic hydroxyl groups excluding tert-OH is 4. The molecule has 1 saturated heterocycles. The Morgan fingerprint density at radius 2 is 1.87 bits per heavy atom. The van der Waals surface area contributed by atoms with Crippen LogP contribution in [0.5, 0.6) is 0 Å². The first-order valence-corrected chi connectivity index (χ1v) is 7.61. The number of ether oxygens (including phenoxy) is 1. The maximum absolute atomic E-state index is 9.99. The molecule has 7 nitrogen and oxygen atoms in total. The third-order valence-electron chi connectivity index (χ3n) is 3.75. The molecule has 0 saturated carbocycles. The van der Waals surface area contributed by atoms with E-state index < -0.39 is 37.3 Å². The van der Waals surface area contributed by atoms with E-state index in [0.29, 0.717) is 20.9 Å². The van der Waals surface area contributed by atoms with Crippen molar-refractivity contribution < 1.29 is 30.0 Å². The third kappa shape index (κ3) is 3.01. The SMILES string of the molecule is OC[C@H]1O[C@@H](On2ccc3c(Cl)cc(Cl)cc32)[C@H](O)[C@@H](O)[C@H]1O. The summed E-state index contributed by atoms with van der Waals surface area (Å²) in [7, 11) is 0. The topological polar surface area (TPSA) is 104 Å². The van der Waals surface area contributed by atoms with Gasteiger partial charge in [0.1, 0.15) is 24.4 Å². The van der Waals surface area contributed by atoms with E-state index in [1.165, 1.54) is 4.73 Å². The zero-order valence-corrected chi connectivity index (χ0v) is 13.2. The highest BCUT2D eigenvalue weighted by Gasteiger charge is 2.45. The Labute approximate surface area is 141 Å². The molecule has 2 heterocycles. The molecule has 0 radical (unpaired) electrons. The predicted molar refractivity (Wildman–Crippen MR) is 82.3 cm³/mol. The summed E-state index contributed by atoms with van der Waals surface area (Å²) >= 11 is 12.1. The Morgan fingerprint density at radius 1 is 1.13 bits per heavy atom. The summed E-state index contributed by atoms with van der Waals surface area (Å²) in [5, 5.41) is 40.2. The van der Waals surface area contributed by atoms with Crippen LogP contribution < -0.4 is 4.84 Å². The van der Waals surface area contributed by atoms with Gasteiger partial charge in [-0.25, -0.2) is 0 Å². The van der Waals surface area contributed by atoms with Crippen LogP contribution in [0, 0.1) is 0 Å². The Hall–Kier alpha value is -1.06. The second kappa shape index (κ2) is 6.45. The maximum atomic E-state index is 9.99. The van der Waals surface area contributed by atoms with Crippen molar-refractivity contribution in [2.75, 3.05) is 6.61 Å². The van der Waals surface area contributed by atoms with Gasteiger partial charge in [0.2, 0.25) is 0 Å². The molecule has 1 aromatic carbocycles. The lowest BCUT2D eigenvalue weighted by atomic mass is 9.99. The van der Waals surface area contributed by atoms with Crippen LogP contribution in [-0.2, 0) is 4.74 Å². The highest BCUT2D eigenvalue weighted by atomic mass is 35.5. The van der Waals surface area contributed by atoms with Crippen molar-refractivity contribution in [1.82, 2.24) is 4.73 Å². The van der Waals surface area contributed by atoms with Gasteiger partial charge in [0.15, 0.2) is 0 Å². The second-order valence-corrected chi connectivity index (χ2v) is 6.11. The first-order chi connectivity index (χ1) is 10.9. The minimum absolute atomic E-state index is 0.403. The number of aromatic nitrogens is 1. The van der Waals surface area contributed by atoms with Crippen LogP contribution in [0.25, 0.3) is 10.9 Å². The van der Waals surface area contributed by atoms with Gasteiger partial charge in [0.05, 0.1) is 17.1 Å². The molecule has 4 N–H and O–H groups in total. The van der Waals surface area contributed by atoms with E-state index in [-0.39, 0.29) is 0 Å². The molecule has 1 fully saturated rings. The summed E-state index contributed by atoms with van der Waals surface area (Å²) in [6.45, 7) is -0.533. The van der Waals surface area contributed by atoms with E-state index in [1.54, 1.807) is 24.4 Å². The van der Waals surface area contributed by atoms with E-state index in [4.69, 9.17) is 32.8 Å². The van der Waals surface area contributed by atoms with E-state index in [2.05, 4.69) is 0 Å². The van der Waals surface area contributed by atoms with Gasteiger partial charge in [0, 0.05) is 16.6 Å². The standard InChI is InChI=1S/C14H15Cl2NO6/c15-6-3-8(16)7-1-2-17(9(7)4-6)23-14-13(21)12(20)11(19)10(5-18)22-14/h1-4,10-14,18-21H,5H2/t10-,11+,12+,13-,14+/m1/s1. The number of aliphatic hydroxyl groups is 4. The summed E-state index contributed by atoms with van der Waals surface area (Å²) in [5.41, 5.74) is 0.541. The van der Waals surface area contributed by atoms with E-state index in [9.17, 15) is 20.4 Å². The molecule has 2 aromatic rings. The van der Waals surface area contributed by atoms with Crippen LogP contribution in [-0.4, -0.2) is 62.5 Å². The lowest BCUT2D eigenvalue weighted by molar-refractivity contribution is -0.299. The molecule has 126 valence electrons. The highest BCUT2D eigenvalue weighted by molar-refractivity contribution is 6.38. The van der Waals surface area contributed by atoms with Crippen molar-refractivity contribution in [2.24, 2.45) is 0 Å². The molecule has 1 aromatic heterocycles. The minimum Gasteiger partial charge on any atom is -0.394 e. The largest absolute Gasteiger partial charge is 0.394 e. The molecule has 23 heavy (non-hydrogen) atoms. The minimum atomic E-state index is -1.51. The Morgan fingerprint density at radius 3 is 2.57 bits per heavy atom. The summed E-state index contributed by atoms with van der Waals surface area (Å²) in [6.07, 6.45) is -5.25. The molecular weight excluding hydrogens is 349 g/mol. The van der Waals surface area contributed by atoms with Gasteiger partial charge in [-0.05, 0) is 18.2 Å². The van der Waals surface area contributed by atoms with E-state index in [1.807, 2.05) is 0 Å². The molecule has 0 amide bonds. The summed E-state index contributed by atoms with van der Waals surface area (Å²) in [4.78, 5) is 5.53. The average molecular weight is 364 g/mol. The summed E-state index contributed by atoms with van der Waals surface area (Å²) < 4.78 is 6.59. The molecule has 1 aliphatic heterocycles. The highest BCUT2D eigenvalue weighted by Crippen LogP contribution is 2.29. The summed E-state index contributed by atoms with van der Waals surface area (Å²) in [6, 6.07) is 4.90. The molecule has 0 spiro atoms. The maximum Gasteiger partial charge on any atom is 0.254 e. The van der Waals surface area contributed by atoms with Gasteiger partial charge in [-0.1, -0.05) is 23.2 Å². The Kier molecular flexibility index (Phi) is 4.70. The number of hydrogen-bond acceptors (Lipinski definition) is 6. The van der Waals surface area contributed by atoms with Crippen molar-refractivity contribution in [1.29, 1.82) is 0 Å². The van der Waals surface area contributed by atoms with Gasteiger partial charge in [0.25, 0.3) is 6.29 Å². The van der Waals surface area contributed by atoms with Crippen molar-refractivity contribution in [3.63, 3.8) is 0 Å². The van der Waals surface area contributed by atoms with Crippen molar-refractivity contribution in [2.45, 2.75) is 30.7 Å². The van der Waals surface area contributed by atoms with Crippen molar-refractivity contribution >= 4 is 34.1 Å². The van der Waals surface area contributed by atoms with Gasteiger partial charge in [-0.15, -0.1) is 0 Å². The van der Waals surface area contributed by atoms with Crippen LogP contribution in [0.1, 0.15) is 0 Å². The number of hydrogen-bond donors (Lipinski definition) is 4. The Bertz CT molecular complexity index is 706. The molecule has 0 bridgehead atoms. The molecule has 0 aliphatic carbocycles. The molecule has 9 heteroatoms. The number of fused-ring (bicyclic) bond motifs is 1. The first-order valence-electron chi connectivity index (χ1n) is 6.86. The molecule has 5 atom stereocenters. The second-order valence-electron chi connectivity index (χ2n) is 5.26. The normalized spacial score (nSPS) is 31.5. The van der Waals surface area contributed by atoms with Gasteiger partial charge < -0.3 is 30.0 Å².